The first kappa shape index (κ1) is 20.2. The summed E-state index contributed by atoms with van der Waals surface area (Å²) in [5.74, 6) is -0.921. The predicted octanol–water partition coefficient (Wildman–Crippen LogP) is 3.28. The van der Waals surface area contributed by atoms with E-state index in [4.69, 9.17) is 14.9 Å². The van der Waals surface area contributed by atoms with Gasteiger partial charge in [0.2, 0.25) is 0 Å². The Labute approximate surface area is 142 Å². The number of carbonyl (C=O) groups excluding carboxylic acids is 2. The van der Waals surface area contributed by atoms with Gasteiger partial charge in [0.1, 0.15) is 12.4 Å². The van der Waals surface area contributed by atoms with Gasteiger partial charge in [-0.05, 0) is 24.2 Å². The predicted molar refractivity (Wildman–Crippen MR) is 90.7 cm³/mol. The van der Waals surface area contributed by atoms with E-state index in [0.717, 1.165) is 12.3 Å². The van der Waals surface area contributed by atoms with Crippen LogP contribution in [0.3, 0.4) is 0 Å². The Bertz CT molecular complexity index is 602. The number of carbonyl (C=O) groups is 2. The Morgan fingerprint density at radius 3 is 2.46 bits per heavy atom. The third-order valence-electron chi connectivity index (χ3n) is 4.12. The van der Waals surface area contributed by atoms with Crippen molar-refractivity contribution in [3.8, 4) is 0 Å². The summed E-state index contributed by atoms with van der Waals surface area (Å²) in [5, 5.41) is -0.0819. The minimum Gasteiger partial charge on any atom is -0.447 e. The fourth-order valence-corrected chi connectivity index (χ4v) is 3.13. The molecule has 1 rings (SSSR count). The summed E-state index contributed by atoms with van der Waals surface area (Å²) in [6.45, 7) is 10.1. The second-order valence-corrected chi connectivity index (χ2v) is 11.9. The van der Waals surface area contributed by atoms with Gasteiger partial charge in [-0.3, -0.25) is 9.78 Å². The maximum atomic E-state index is 13.2. The van der Waals surface area contributed by atoms with Crippen molar-refractivity contribution in [3.63, 3.8) is 0 Å². The van der Waals surface area contributed by atoms with Crippen LogP contribution in [-0.4, -0.2) is 37.9 Å². The highest BCUT2D eigenvalue weighted by atomic mass is 28.4. The normalized spacial score (nSPS) is 13.4. The summed E-state index contributed by atoms with van der Waals surface area (Å²) >= 11 is 0. The molecule has 24 heavy (non-hydrogen) atoms. The highest BCUT2D eigenvalue weighted by Gasteiger charge is 2.39. The number of halogens is 1. The second-order valence-electron chi connectivity index (χ2n) is 7.15. The molecule has 0 aliphatic rings. The number of ether oxygens (including phenoxy) is 1. The largest absolute Gasteiger partial charge is 0.447 e. The van der Waals surface area contributed by atoms with Crippen molar-refractivity contribution in [2.75, 3.05) is 6.61 Å². The first-order chi connectivity index (χ1) is 10.9. The number of rotatable bonds is 7. The van der Waals surface area contributed by atoms with Crippen LogP contribution in [-0.2, 0) is 9.16 Å². The number of aromatic nitrogens is 1. The number of amides is 1. The minimum atomic E-state index is -2.19. The lowest BCUT2D eigenvalue weighted by atomic mass is 10.1. The summed E-state index contributed by atoms with van der Waals surface area (Å²) in [4.78, 5) is 26.9. The lowest BCUT2D eigenvalue weighted by Crippen LogP contribution is -2.46. The van der Waals surface area contributed by atoms with Gasteiger partial charge in [0, 0.05) is 18.2 Å². The van der Waals surface area contributed by atoms with Crippen LogP contribution in [0, 0.1) is 5.82 Å². The molecule has 0 fully saturated rings. The van der Waals surface area contributed by atoms with Crippen molar-refractivity contribution < 1.29 is 23.1 Å². The molecule has 0 aromatic carbocycles. The van der Waals surface area contributed by atoms with Crippen LogP contribution in [0.1, 0.15) is 37.6 Å². The van der Waals surface area contributed by atoms with Gasteiger partial charge in [-0.15, -0.1) is 0 Å². The fourth-order valence-electron chi connectivity index (χ4n) is 1.79. The zero-order valence-corrected chi connectivity index (χ0v) is 15.8. The van der Waals surface area contributed by atoms with Crippen molar-refractivity contribution in [2.24, 2.45) is 5.73 Å². The van der Waals surface area contributed by atoms with Gasteiger partial charge >= 0.3 is 6.09 Å². The van der Waals surface area contributed by atoms with E-state index < -0.39 is 26.3 Å². The molecule has 0 aliphatic carbocycles. The first-order valence-electron chi connectivity index (χ1n) is 7.66. The van der Waals surface area contributed by atoms with E-state index in [2.05, 4.69) is 25.8 Å². The molecule has 0 spiro atoms. The summed E-state index contributed by atoms with van der Waals surface area (Å²) < 4.78 is 24.2. The van der Waals surface area contributed by atoms with Crippen LogP contribution in [0.4, 0.5) is 9.18 Å². The average Bonchev–Trinajstić information content (AvgIpc) is 2.43. The zero-order chi connectivity index (χ0) is 18.5. The monoisotopic (exact) mass is 356 g/mol. The van der Waals surface area contributed by atoms with Crippen molar-refractivity contribution in [2.45, 2.75) is 51.4 Å². The third-order valence-corrected chi connectivity index (χ3v) is 8.65. The molecule has 0 radical (unpaired) electrons. The number of nitrogens with two attached hydrogens (primary N) is 1. The maximum absolute atomic E-state index is 13.2. The van der Waals surface area contributed by atoms with Crippen LogP contribution >= 0.6 is 0 Å². The number of hydrogen-bond acceptors (Lipinski definition) is 5. The van der Waals surface area contributed by atoms with Crippen molar-refractivity contribution in [1.29, 1.82) is 0 Å². The lowest BCUT2D eigenvalue weighted by molar-refractivity contribution is 0.0643. The Hall–Kier alpha value is -1.80. The summed E-state index contributed by atoms with van der Waals surface area (Å²) in [6.07, 6.45) is 0.693. The van der Waals surface area contributed by atoms with Gasteiger partial charge in [0.15, 0.2) is 14.1 Å². The van der Waals surface area contributed by atoms with E-state index in [1.807, 2.05) is 13.1 Å². The quantitative estimate of drug-likeness (QED) is 0.598. The van der Waals surface area contributed by atoms with Gasteiger partial charge in [-0.2, -0.15) is 0 Å². The molecule has 8 heteroatoms. The van der Waals surface area contributed by atoms with E-state index in [9.17, 15) is 14.0 Å². The van der Waals surface area contributed by atoms with Gasteiger partial charge in [-0.25, -0.2) is 9.18 Å². The molecular formula is C16H25FN2O4Si. The van der Waals surface area contributed by atoms with E-state index in [1.165, 1.54) is 6.20 Å². The van der Waals surface area contributed by atoms with E-state index in [0.29, 0.717) is 0 Å². The molecule has 1 aromatic rings. The molecule has 0 unspecified atom stereocenters. The molecule has 1 heterocycles. The van der Waals surface area contributed by atoms with Crippen molar-refractivity contribution in [3.05, 3.63) is 29.8 Å². The molecule has 1 aromatic heterocycles. The molecule has 0 aliphatic heterocycles. The van der Waals surface area contributed by atoms with Crippen LogP contribution in [0.2, 0.25) is 18.1 Å². The topological polar surface area (TPSA) is 91.5 Å². The molecule has 1 atom stereocenters. The molecule has 6 nitrogen and oxygen atoms in total. The minimum absolute atomic E-state index is 0.0507. The zero-order valence-electron chi connectivity index (χ0n) is 14.8. The Kier molecular flexibility index (Phi) is 6.62. The SMILES string of the molecule is CC(C)(C)[Si](C)(C)O[C@@H](COC(N)=O)CC(=O)c1cncc(F)c1. The molecule has 0 saturated carbocycles. The molecule has 0 saturated heterocycles. The summed E-state index contributed by atoms with van der Waals surface area (Å²) in [6, 6.07) is 1.12. The van der Waals surface area contributed by atoms with Crippen molar-refractivity contribution >= 4 is 20.2 Å². The number of pyridine rings is 1. The first-order valence-corrected chi connectivity index (χ1v) is 10.6. The second kappa shape index (κ2) is 7.85. The fraction of sp³-hybridized carbons (Fsp3) is 0.562. The highest BCUT2D eigenvalue weighted by Crippen LogP contribution is 2.37. The number of Topliss-reactive ketones (excluding diaryl/α,β-unsaturated/α-hetero) is 1. The smallest absolute Gasteiger partial charge is 0.404 e. The van der Waals surface area contributed by atoms with E-state index >= 15 is 0 Å². The Morgan fingerprint density at radius 2 is 1.96 bits per heavy atom. The van der Waals surface area contributed by atoms with Crippen LogP contribution in [0.25, 0.3) is 0 Å². The average molecular weight is 356 g/mol. The number of ketones is 1. The maximum Gasteiger partial charge on any atom is 0.404 e. The number of nitrogens with zero attached hydrogens (tertiary/aromatic N) is 1. The Balaban J connectivity index is 2.89. The lowest BCUT2D eigenvalue weighted by Gasteiger charge is -2.39. The molecule has 1 amide bonds. The van der Waals surface area contributed by atoms with E-state index in [1.54, 1.807) is 0 Å². The van der Waals surface area contributed by atoms with Gasteiger partial charge in [0.05, 0.1) is 12.3 Å². The number of primary amides is 1. The Morgan fingerprint density at radius 1 is 1.33 bits per heavy atom. The molecule has 0 bridgehead atoms. The van der Waals surface area contributed by atoms with Crippen LogP contribution in [0.15, 0.2) is 18.5 Å². The summed E-state index contributed by atoms with van der Waals surface area (Å²) in [7, 11) is -2.19. The van der Waals surface area contributed by atoms with Gasteiger partial charge < -0.3 is 14.9 Å². The molecular weight excluding hydrogens is 331 g/mol. The summed E-state index contributed by atoms with van der Waals surface area (Å²) in [5.41, 5.74) is 5.15. The number of hydrogen-bond donors (Lipinski definition) is 1. The van der Waals surface area contributed by atoms with Gasteiger partial charge in [0.25, 0.3) is 0 Å². The van der Waals surface area contributed by atoms with Crippen molar-refractivity contribution in [1.82, 2.24) is 4.98 Å². The van der Waals surface area contributed by atoms with Crippen LogP contribution < -0.4 is 5.73 Å². The van der Waals surface area contributed by atoms with Crippen LogP contribution in [0.5, 0.6) is 0 Å². The highest BCUT2D eigenvalue weighted by molar-refractivity contribution is 6.74. The third kappa shape index (κ3) is 6.01. The molecule has 2 N–H and O–H groups in total. The molecule has 134 valence electrons. The van der Waals surface area contributed by atoms with E-state index in [-0.39, 0.29) is 29.4 Å². The standard InChI is InChI=1S/C16H25FN2O4Si/c1-16(2,3)24(4,5)23-13(10-22-15(18)21)7-14(20)11-6-12(17)9-19-8-11/h6,8-9,13H,7,10H2,1-5H3,(H2,18,21)/t13-/m1/s1. The van der Waals surface area contributed by atoms with Gasteiger partial charge in [-0.1, -0.05) is 20.8 Å².